The fourth-order valence-corrected chi connectivity index (χ4v) is 4.46. The van der Waals surface area contributed by atoms with Crippen LogP contribution < -0.4 is 0 Å². The molecule has 0 aromatic carbocycles. The van der Waals surface area contributed by atoms with Gasteiger partial charge in [-0.05, 0) is 51.0 Å². The van der Waals surface area contributed by atoms with Gasteiger partial charge in [0.05, 0.1) is 0 Å². The molecule has 0 spiro atoms. The van der Waals surface area contributed by atoms with Crippen molar-refractivity contribution in [3.63, 3.8) is 0 Å². The summed E-state index contributed by atoms with van der Waals surface area (Å²) in [5, 5.41) is 10.4. The van der Waals surface area contributed by atoms with E-state index in [1.165, 1.54) is 6.92 Å². The highest BCUT2D eigenvalue weighted by atomic mass is 16.3. The Bertz CT molecular complexity index is 702. The normalized spacial score (nSPS) is 37.3. The van der Waals surface area contributed by atoms with Gasteiger partial charge in [0.1, 0.15) is 5.60 Å². The Kier molecular flexibility index (Phi) is 3.60. The smallest absolute Gasteiger partial charge is 0.191 e. The molecule has 0 amide bonds. The maximum atomic E-state index is 12.8. The van der Waals surface area contributed by atoms with Gasteiger partial charge in [-0.2, -0.15) is 0 Å². The SMILES string of the molecule is C=C(C)C1CCC(=C)C2C3=C(CC(C)(O)C3=O)C(=O)C(C)=CC12. The first-order valence-corrected chi connectivity index (χ1v) is 8.21. The summed E-state index contributed by atoms with van der Waals surface area (Å²) in [5.74, 6) is -0.318. The zero-order chi connectivity index (χ0) is 17.1. The Hall–Kier alpha value is -1.74. The Labute approximate surface area is 137 Å². The van der Waals surface area contributed by atoms with Gasteiger partial charge in [-0.1, -0.05) is 30.4 Å². The third-order valence-corrected chi connectivity index (χ3v) is 5.66. The van der Waals surface area contributed by atoms with Crippen LogP contribution in [0.1, 0.15) is 40.0 Å². The molecule has 3 nitrogen and oxygen atoms in total. The highest BCUT2D eigenvalue weighted by Crippen LogP contribution is 2.51. The summed E-state index contributed by atoms with van der Waals surface area (Å²) in [7, 11) is 0. The van der Waals surface area contributed by atoms with E-state index in [-0.39, 0.29) is 35.7 Å². The van der Waals surface area contributed by atoms with Crippen LogP contribution in [0.5, 0.6) is 0 Å². The van der Waals surface area contributed by atoms with Crippen molar-refractivity contribution in [3.8, 4) is 0 Å². The van der Waals surface area contributed by atoms with Crippen LogP contribution in [0.2, 0.25) is 0 Å². The number of fused-ring (bicyclic) bond motifs is 2. The van der Waals surface area contributed by atoms with Crippen molar-refractivity contribution in [3.05, 3.63) is 47.1 Å². The van der Waals surface area contributed by atoms with Gasteiger partial charge in [-0.15, -0.1) is 0 Å². The summed E-state index contributed by atoms with van der Waals surface area (Å²) >= 11 is 0. The number of hydrogen-bond acceptors (Lipinski definition) is 3. The first-order chi connectivity index (χ1) is 10.6. The van der Waals surface area contributed by atoms with Crippen LogP contribution in [0.25, 0.3) is 0 Å². The third kappa shape index (κ3) is 2.29. The molecule has 0 radical (unpaired) electrons. The van der Waals surface area contributed by atoms with E-state index < -0.39 is 5.60 Å². The lowest BCUT2D eigenvalue weighted by Gasteiger charge is -2.39. The van der Waals surface area contributed by atoms with Crippen molar-refractivity contribution >= 4 is 11.6 Å². The first kappa shape index (κ1) is 16.1. The summed E-state index contributed by atoms with van der Waals surface area (Å²) in [4.78, 5) is 25.5. The Morgan fingerprint density at radius 2 is 2.04 bits per heavy atom. The van der Waals surface area contributed by atoms with E-state index in [0.717, 1.165) is 24.0 Å². The predicted octanol–water partition coefficient (Wildman–Crippen LogP) is 3.31. The number of ketones is 2. The minimum atomic E-state index is -1.47. The second-order valence-corrected chi connectivity index (χ2v) is 7.56. The second kappa shape index (κ2) is 5.13. The van der Waals surface area contributed by atoms with Crippen LogP contribution in [0.15, 0.2) is 47.1 Å². The van der Waals surface area contributed by atoms with Gasteiger partial charge >= 0.3 is 0 Å². The third-order valence-electron chi connectivity index (χ3n) is 5.66. The molecule has 0 aliphatic heterocycles. The standard InChI is InChI=1S/C20H24O3/c1-10(2)13-7-6-11(3)16-14(13)8-12(4)18(21)15-9-20(5,23)19(22)17(15)16/h8,13-14,16,23H,1,3,6-7,9H2,2,4-5H3. The molecule has 3 aliphatic rings. The van der Waals surface area contributed by atoms with Gasteiger partial charge in [0.15, 0.2) is 11.6 Å². The summed E-state index contributed by atoms with van der Waals surface area (Å²) in [5.41, 5.74) is 2.25. The largest absolute Gasteiger partial charge is 0.382 e. The topological polar surface area (TPSA) is 54.4 Å². The number of carbonyl (C=O) groups excluding carboxylic acids is 2. The number of allylic oxidation sites excluding steroid dienone is 4. The molecule has 0 bridgehead atoms. The minimum absolute atomic E-state index is 0.0306. The van der Waals surface area contributed by atoms with E-state index >= 15 is 0 Å². The highest BCUT2D eigenvalue weighted by Gasteiger charge is 2.51. The van der Waals surface area contributed by atoms with Crippen LogP contribution in [0, 0.1) is 17.8 Å². The molecule has 1 N–H and O–H groups in total. The van der Waals surface area contributed by atoms with E-state index in [9.17, 15) is 14.7 Å². The number of Topliss-reactive ketones (excluding diaryl/α,β-unsaturated/α-hetero) is 2. The number of hydrogen-bond donors (Lipinski definition) is 1. The number of aliphatic hydroxyl groups is 1. The van der Waals surface area contributed by atoms with Gasteiger partial charge in [-0.25, -0.2) is 0 Å². The second-order valence-electron chi connectivity index (χ2n) is 7.56. The Morgan fingerprint density at radius 3 is 2.65 bits per heavy atom. The van der Waals surface area contributed by atoms with Crippen molar-refractivity contribution in [1.29, 1.82) is 0 Å². The predicted molar refractivity (Wildman–Crippen MR) is 89.7 cm³/mol. The molecule has 3 aliphatic carbocycles. The minimum Gasteiger partial charge on any atom is -0.382 e. The molecule has 23 heavy (non-hydrogen) atoms. The summed E-state index contributed by atoms with van der Waals surface area (Å²) < 4.78 is 0. The molecular weight excluding hydrogens is 288 g/mol. The lowest BCUT2D eigenvalue weighted by molar-refractivity contribution is -0.130. The lowest BCUT2D eigenvalue weighted by Crippen LogP contribution is -2.37. The van der Waals surface area contributed by atoms with E-state index in [2.05, 4.69) is 13.2 Å². The van der Waals surface area contributed by atoms with Crippen molar-refractivity contribution in [1.82, 2.24) is 0 Å². The number of rotatable bonds is 1. The van der Waals surface area contributed by atoms with Crippen molar-refractivity contribution in [2.75, 3.05) is 0 Å². The molecule has 0 saturated heterocycles. The van der Waals surface area contributed by atoms with Crippen LogP contribution in [-0.4, -0.2) is 22.3 Å². The summed E-state index contributed by atoms with van der Waals surface area (Å²) in [6, 6.07) is 0. The van der Waals surface area contributed by atoms with Gasteiger partial charge in [0.25, 0.3) is 0 Å². The van der Waals surface area contributed by atoms with Gasteiger partial charge in [-0.3, -0.25) is 9.59 Å². The van der Waals surface area contributed by atoms with E-state index in [4.69, 9.17) is 0 Å². The Balaban J connectivity index is 2.21. The van der Waals surface area contributed by atoms with Crippen molar-refractivity contribution < 1.29 is 14.7 Å². The van der Waals surface area contributed by atoms with Crippen molar-refractivity contribution in [2.45, 2.75) is 45.6 Å². The zero-order valence-corrected chi connectivity index (χ0v) is 14.1. The van der Waals surface area contributed by atoms with Crippen LogP contribution in [-0.2, 0) is 9.59 Å². The fourth-order valence-electron chi connectivity index (χ4n) is 4.46. The molecular formula is C20H24O3. The molecule has 1 saturated carbocycles. The van der Waals surface area contributed by atoms with Crippen LogP contribution in [0.4, 0.5) is 0 Å². The summed E-state index contributed by atoms with van der Waals surface area (Å²) in [6.07, 6.45) is 3.89. The molecule has 0 aromatic heterocycles. The van der Waals surface area contributed by atoms with Crippen LogP contribution in [0.3, 0.4) is 0 Å². The quantitative estimate of drug-likeness (QED) is 0.756. The average molecular weight is 312 g/mol. The van der Waals surface area contributed by atoms with E-state index in [1.807, 2.05) is 13.0 Å². The average Bonchev–Trinajstić information content (AvgIpc) is 2.62. The molecule has 4 atom stereocenters. The molecule has 3 rings (SSSR count). The molecule has 122 valence electrons. The van der Waals surface area contributed by atoms with E-state index in [0.29, 0.717) is 16.7 Å². The summed E-state index contributed by atoms with van der Waals surface area (Å²) in [6.45, 7) is 13.6. The molecule has 4 unspecified atom stereocenters. The lowest BCUT2D eigenvalue weighted by atomic mass is 9.64. The monoisotopic (exact) mass is 312 g/mol. The van der Waals surface area contributed by atoms with Crippen LogP contribution >= 0.6 is 0 Å². The van der Waals surface area contributed by atoms with Gasteiger partial charge in [0.2, 0.25) is 0 Å². The van der Waals surface area contributed by atoms with Gasteiger partial charge in [0, 0.05) is 23.5 Å². The van der Waals surface area contributed by atoms with Crippen molar-refractivity contribution in [2.24, 2.45) is 17.8 Å². The zero-order valence-electron chi connectivity index (χ0n) is 14.1. The highest BCUT2D eigenvalue weighted by molar-refractivity contribution is 6.19. The molecule has 3 heteroatoms. The van der Waals surface area contributed by atoms with E-state index in [1.54, 1.807) is 6.92 Å². The Morgan fingerprint density at radius 1 is 1.39 bits per heavy atom. The maximum absolute atomic E-state index is 12.8. The van der Waals surface area contributed by atoms with Gasteiger partial charge < -0.3 is 5.11 Å². The maximum Gasteiger partial charge on any atom is 0.191 e. The fraction of sp³-hybridized carbons (Fsp3) is 0.500. The molecule has 1 fully saturated rings. The number of carbonyl (C=O) groups is 2. The molecule has 0 heterocycles. The molecule has 0 aromatic rings. The first-order valence-electron chi connectivity index (χ1n) is 8.21.